The number of carbonyl (C=O) groups is 2. The van der Waals surface area contributed by atoms with E-state index in [4.69, 9.17) is 19.0 Å². The van der Waals surface area contributed by atoms with Crippen LogP contribution in [0.25, 0.3) is 16.9 Å². The van der Waals surface area contributed by atoms with E-state index in [1.54, 1.807) is 42.8 Å². The number of halogens is 3. The van der Waals surface area contributed by atoms with Gasteiger partial charge in [-0.3, -0.25) is 4.84 Å². The Labute approximate surface area is 273 Å². The van der Waals surface area contributed by atoms with Crippen LogP contribution in [0.4, 0.5) is 22.8 Å². The molecule has 0 radical (unpaired) electrons. The molecular formula is C29H33F3N6O9S. The van der Waals surface area contributed by atoms with E-state index in [0.717, 1.165) is 28.4 Å². The minimum absolute atomic E-state index is 0.104. The van der Waals surface area contributed by atoms with Crippen LogP contribution < -0.4 is 4.72 Å². The zero-order chi connectivity index (χ0) is 35.2. The maximum atomic E-state index is 13.5. The van der Waals surface area contributed by atoms with Crippen molar-refractivity contribution in [1.82, 2.24) is 19.5 Å². The second kappa shape index (κ2) is 14.8. The number of hydrogen-bond acceptors (Lipinski definition) is 11. The zero-order valence-corrected chi connectivity index (χ0v) is 27.0. The Bertz CT molecular complexity index is 1730. The van der Waals surface area contributed by atoms with Gasteiger partial charge in [-0.05, 0) is 63.9 Å². The third-order valence-electron chi connectivity index (χ3n) is 6.79. The van der Waals surface area contributed by atoms with E-state index < -0.39 is 52.6 Å². The van der Waals surface area contributed by atoms with Crippen LogP contribution in [0.3, 0.4) is 0 Å². The van der Waals surface area contributed by atoms with Crippen molar-refractivity contribution >= 4 is 22.3 Å². The van der Waals surface area contributed by atoms with Crippen LogP contribution in [0, 0.1) is 12.1 Å². The summed E-state index contributed by atoms with van der Waals surface area (Å²) in [4.78, 5) is 28.5. The molecule has 0 aliphatic carbocycles. The van der Waals surface area contributed by atoms with Gasteiger partial charge < -0.3 is 19.4 Å². The number of carbonyl (C=O) groups excluding carboxylic acids is 2. The van der Waals surface area contributed by atoms with E-state index in [1.165, 1.54) is 24.1 Å². The number of aromatic nitrogens is 2. The Morgan fingerprint density at radius 2 is 1.77 bits per heavy atom. The van der Waals surface area contributed by atoms with Crippen molar-refractivity contribution in [3.63, 3.8) is 0 Å². The van der Waals surface area contributed by atoms with E-state index in [-0.39, 0.29) is 34.4 Å². The number of aryl methyl sites for hydroxylation is 1. The first-order valence-corrected chi connectivity index (χ1v) is 16.0. The molecule has 0 bridgehead atoms. The number of nitrogens with zero attached hydrogens (tertiary/aromatic N) is 5. The average Bonchev–Trinajstić information content (AvgIpc) is 3.67. The molecule has 1 aliphatic heterocycles. The summed E-state index contributed by atoms with van der Waals surface area (Å²) in [6.45, 7) is 6.20. The largest absolute Gasteiger partial charge is 0.569 e. The minimum Gasteiger partial charge on any atom is -0.569 e. The van der Waals surface area contributed by atoms with Crippen molar-refractivity contribution in [2.45, 2.75) is 70.0 Å². The van der Waals surface area contributed by atoms with E-state index in [0.29, 0.717) is 18.4 Å². The van der Waals surface area contributed by atoms with Crippen molar-refractivity contribution in [3.8, 4) is 16.9 Å². The van der Waals surface area contributed by atoms with Crippen molar-refractivity contribution < 1.29 is 55.2 Å². The lowest BCUT2D eigenvalue weighted by atomic mass is 10.1. The number of hydrazine groups is 1. The molecular weight excluding hydrogens is 665 g/mol. The summed E-state index contributed by atoms with van der Waals surface area (Å²) in [7, 11) is -4.47. The Morgan fingerprint density at radius 1 is 1.10 bits per heavy atom. The topological polar surface area (TPSA) is 177 Å². The molecule has 2 aromatic carbocycles. The molecule has 1 aliphatic rings. The summed E-state index contributed by atoms with van der Waals surface area (Å²) >= 11 is 0. The monoisotopic (exact) mass is 698 g/mol. The smallest absolute Gasteiger partial charge is 0.511 e. The lowest BCUT2D eigenvalue weighted by Crippen LogP contribution is -2.40. The van der Waals surface area contributed by atoms with Gasteiger partial charge in [0.1, 0.15) is 12.6 Å². The van der Waals surface area contributed by atoms with Gasteiger partial charge in [-0.1, -0.05) is 29.8 Å². The van der Waals surface area contributed by atoms with Crippen LogP contribution in [0.1, 0.15) is 44.9 Å². The van der Waals surface area contributed by atoms with Crippen molar-refractivity contribution in [2.24, 2.45) is 5.28 Å². The molecule has 15 nitrogen and oxygen atoms in total. The first kappa shape index (κ1) is 35.8. The molecule has 48 heavy (non-hydrogen) atoms. The first-order chi connectivity index (χ1) is 22.5. The van der Waals surface area contributed by atoms with Crippen molar-refractivity contribution in [3.05, 3.63) is 71.1 Å². The molecule has 1 amide bonds. The number of sulfonamides is 1. The van der Waals surface area contributed by atoms with Gasteiger partial charge in [0.25, 0.3) is 16.3 Å². The van der Waals surface area contributed by atoms with Gasteiger partial charge in [-0.25, -0.2) is 27.4 Å². The summed E-state index contributed by atoms with van der Waals surface area (Å²) in [5.74, 6) is 0. The summed E-state index contributed by atoms with van der Waals surface area (Å²) in [6, 6.07) is 11.7. The third kappa shape index (κ3) is 9.26. The fraction of sp³-hybridized carbons (Fsp3) is 0.414. The standard InChI is InChI=1S/C29H33F3N6O9S/c1-18(2)45-28(40)46-20(4)47-35-38(41)36-15-5-6-23(36)17-44-27(39)34-48(42,43)24-13-11-22(12-14-24)37-25(16-26(33-37)29(30,31)32)21-9-7-19(3)8-10-21/h7-14,16,18,20,23H,5-6,15,17H2,1-4H3,(H,34,39)/t20?,23-/m0/s1. The van der Waals surface area contributed by atoms with Gasteiger partial charge in [-0.15, -0.1) is 5.01 Å². The maximum absolute atomic E-state index is 13.5. The predicted molar refractivity (Wildman–Crippen MR) is 159 cm³/mol. The molecule has 0 spiro atoms. The molecule has 260 valence electrons. The number of benzene rings is 2. The average molecular weight is 699 g/mol. The lowest BCUT2D eigenvalue weighted by molar-refractivity contribution is -0.716. The maximum Gasteiger partial charge on any atom is 0.511 e. The molecule has 3 aromatic rings. The molecule has 1 aromatic heterocycles. The van der Waals surface area contributed by atoms with Gasteiger partial charge in [0.05, 0.1) is 33.9 Å². The van der Waals surface area contributed by atoms with Gasteiger partial charge in [0.2, 0.25) is 5.28 Å². The molecule has 0 saturated carbocycles. The molecule has 1 N–H and O–H groups in total. The normalized spacial score (nSPS) is 16.0. The Morgan fingerprint density at radius 3 is 2.40 bits per heavy atom. The highest BCUT2D eigenvalue weighted by Gasteiger charge is 2.36. The highest BCUT2D eigenvalue weighted by Crippen LogP contribution is 2.33. The van der Waals surface area contributed by atoms with Crippen molar-refractivity contribution in [2.75, 3.05) is 13.2 Å². The van der Waals surface area contributed by atoms with E-state index in [9.17, 15) is 36.4 Å². The summed E-state index contributed by atoms with van der Waals surface area (Å²) in [6.07, 6.45) is -7.82. The van der Waals surface area contributed by atoms with Gasteiger partial charge in [0, 0.05) is 12.5 Å². The fourth-order valence-corrected chi connectivity index (χ4v) is 5.42. The third-order valence-corrected chi connectivity index (χ3v) is 8.12. The molecule has 1 saturated heterocycles. The highest BCUT2D eigenvalue weighted by molar-refractivity contribution is 7.90. The highest BCUT2D eigenvalue weighted by atomic mass is 32.2. The fourth-order valence-electron chi connectivity index (χ4n) is 4.53. The van der Waals surface area contributed by atoms with Crippen LogP contribution in [-0.2, 0) is 35.2 Å². The molecule has 2 atom stereocenters. The molecule has 2 heterocycles. The molecule has 4 rings (SSSR count). The summed E-state index contributed by atoms with van der Waals surface area (Å²) in [5, 5.41) is 20.6. The quantitative estimate of drug-likeness (QED) is 0.0884. The summed E-state index contributed by atoms with van der Waals surface area (Å²) < 4.78 is 83.7. The van der Waals surface area contributed by atoms with Gasteiger partial charge >= 0.3 is 18.4 Å². The lowest BCUT2D eigenvalue weighted by Gasteiger charge is -2.20. The van der Waals surface area contributed by atoms with Crippen LogP contribution >= 0.6 is 0 Å². The number of ether oxygens (including phenoxy) is 3. The Hall–Kier alpha value is -5.07. The van der Waals surface area contributed by atoms with E-state index >= 15 is 0 Å². The molecule has 19 heteroatoms. The summed E-state index contributed by atoms with van der Waals surface area (Å²) in [5.41, 5.74) is 0.495. The second-order valence-electron chi connectivity index (χ2n) is 10.9. The Kier molecular flexibility index (Phi) is 11.0. The van der Waals surface area contributed by atoms with E-state index in [2.05, 4.69) is 10.4 Å². The minimum atomic E-state index is -4.72. The Balaban J connectivity index is 1.37. The van der Waals surface area contributed by atoms with Crippen molar-refractivity contribution in [1.29, 1.82) is 0 Å². The zero-order valence-electron chi connectivity index (χ0n) is 26.2. The SMILES string of the molecule is Cc1ccc(-c2cc(C(F)(F)F)nn2-c2ccc(S(=O)(=O)NC(=O)OC[C@@H]3CCCN3[N+]([O-])=NOC(C)OC(=O)OC(C)C)cc2)cc1. The second-order valence-corrected chi connectivity index (χ2v) is 12.6. The van der Waals surface area contributed by atoms with E-state index in [1.807, 2.05) is 6.92 Å². The first-order valence-electron chi connectivity index (χ1n) is 14.6. The van der Waals surface area contributed by atoms with Crippen LogP contribution in [0.5, 0.6) is 0 Å². The van der Waals surface area contributed by atoms with Gasteiger partial charge in [0.15, 0.2) is 5.69 Å². The number of alkyl halides is 3. The van der Waals surface area contributed by atoms with Crippen LogP contribution in [-0.4, -0.2) is 72.0 Å². The number of hydrogen-bond donors (Lipinski definition) is 1. The van der Waals surface area contributed by atoms with Crippen LogP contribution in [0.2, 0.25) is 0 Å². The van der Waals surface area contributed by atoms with Gasteiger partial charge in [-0.2, -0.15) is 18.3 Å². The van der Waals surface area contributed by atoms with Crippen LogP contribution in [0.15, 0.2) is 64.8 Å². The predicted octanol–water partition coefficient (Wildman–Crippen LogP) is 5.46. The number of rotatable bonds is 11. The number of amides is 1. The molecule has 1 unspecified atom stereocenters. The molecule has 1 fully saturated rings. The number of nitrogens with one attached hydrogen (secondary N) is 1.